The Hall–Kier alpha value is -1.23. The first kappa shape index (κ1) is 16.8. The smallest absolute Gasteiger partial charge is 0.221 e. The largest absolute Gasteiger partial charge is 0.490 e. The van der Waals surface area contributed by atoms with Crippen molar-refractivity contribution in [1.82, 2.24) is 5.32 Å². The summed E-state index contributed by atoms with van der Waals surface area (Å²) < 4.78 is 11.1. The molecule has 1 aromatic carbocycles. The molecule has 1 rings (SSSR count). The second-order valence-electron chi connectivity index (χ2n) is 4.30. The molecule has 20 heavy (non-hydrogen) atoms. The molecule has 1 amide bonds. The molecule has 1 unspecified atom stereocenters. The molecule has 0 saturated carbocycles. The highest BCUT2D eigenvalue weighted by molar-refractivity contribution is 9.09. The molecule has 1 aromatic rings. The lowest BCUT2D eigenvalue weighted by atomic mass is 10.1. The number of hydrogen-bond donors (Lipinski definition) is 1. The molecule has 0 fully saturated rings. The Morgan fingerprint density at radius 1 is 1.25 bits per heavy atom. The van der Waals surface area contributed by atoms with Gasteiger partial charge in [-0.05, 0) is 38.5 Å². The van der Waals surface area contributed by atoms with Crippen molar-refractivity contribution in [3.8, 4) is 11.5 Å². The number of ether oxygens (including phenoxy) is 2. The molecule has 0 aromatic heterocycles. The zero-order chi connectivity index (χ0) is 15.0. The number of halogens is 1. The molecule has 0 radical (unpaired) electrons. The van der Waals surface area contributed by atoms with Gasteiger partial charge in [-0.25, -0.2) is 0 Å². The van der Waals surface area contributed by atoms with Crippen molar-refractivity contribution in [2.45, 2.75) is 33.2 Å². The number of carbonyl (C=O) groups is 1. The van der Waals surface area contributed by atoms with E-state index in [0.717, 1.165) is 11.3 Å². The fourth-order valence-electron chi connectivity index (χ4n) is 1.82. The predicted molar refractivity (Wildman–Crippen MR) is 83.7 cm³/mol. The first-order chi connectivity index (χ1) is 9.62. The zero-order valence-corrected chi connectivity index (χ0v) is 13.8. The minimum absolute atomic E-state index is 0.0289. The third-order valence-corrected chi connectivity index (χ3v) is 3.16. The first-order valence-electron chi connectivity index (χ1n) is 6.87. The molecule has 0 saturated heterocycles. The second kappa shape index (κ2) is 8.84. The Bertz CT molecular complexity index is 437. The van der Waals surface area contributed by atoms with E-state index < -0.39 is 0 Å². The summed E-state index contributed by atoms with van der Waals surface area (Å²) in [7, 11) is 0. The van der Waals surface area contributed by atoms with Gasteiger partial charge in [0.1, 0.15) is 0 Å². The van der Waals surface area contributed by atoms with Crippen molar-refractivity contribution >= 4 is 21.8 Å². The minimum atomic E-state index is -0.0589. The van der Waals surface area contributed by atoms with Crippen LogP contribution in [0.4, 0.5) is 0 Å². The fourth-order valence-corrected chi connectivity index (χ4v) is 2.18. The second-order valence-corrected chi connectivity index (χ2v) is 5.09. The van der Waals surface area contributed by atoms with Gasteiger partial charge in [0.2, 0.25) is 5.91 Å². The third kappa shape index (κ3) is 5.04. The van der Waals surface area contributed by atoms with E-state index in [2.05, 4.69) is 21.2 Å². The number of hydrogen-bond acceptors (Lipinski definition) is 3. The third-order valence-electron chi connectivity index (χ3n) is 2.77. The van der Waals surface area contributed by atoms with Crippen molar-refractivity contribution in [2.24, 2.45) is 0 Å². The number of amides is 1. The summed E-state index contributed by atoms with van der Waals surface area (Å²) in [6.45, 7) is 7.00. The van der Waals surface area contributed by atoms with Crippen molar-refractivity contribution in [3.05, 3.63) is 23.8 Å². The molecular formula is C15H22BrNO3. The van der Waals surface area contributed by atoms with Gasteiger partial charge in [0.25, 0.3) is 0 Å². The van der Waals surface area contributed by atoms with Gasteiger partial charge in [-0.3, -0.25) is 4.79 Å². The van der Waals surface area contributed by atoms with Crippen LogP contribution < -0.4 is 14.8 Å². The molecule has 4 nitrogen and oxygen atoms in total. The summed E-state index contributed by atoms with van der Waals surface area (Å²) in [5.74, 6) is 1.48. The monoisotopic (exact) mass is 343 g/mol. The van der Waals surface area contributed by atoms with Gasteiger partial charge in [-0.1, -0.05) is 22.0 Å². The van der Waals surface area contributed by atoms with Crippen molar-refractivity contribution in [3.63, 3.8) is 0 Å². The van der Waals surface area contributed by atoms with E-state index in [0.29, 0.717) is 30.7 Å². The SMILES string of the molecule is CCOc1ccc(C(C)NC(=O)CCBr)cc1OCC. The lowest BCUT2D eigenvalue weighted by Gasteiger charge is -2.17. The lowest BCUT2D eigenvalue weighted by molar-refractivity contribution is -0.121. The van der Waals surface area contributed by atoms with Crippen LogP contribution in [-0.4, -0.2) is 24.5 Å². The van der Waals surface area contributed by atoms with E-state index in [9.17, 15) is 4.79 Å². The normalized spacial score (nSPS) is 11.8. The molecule has 0 aliphatic carbocycles. The van der Waals surface area contributed by atoms with Crippen LogP contribution in [0.5, 0.6) is 11.5 Å². The molecule has 0 spiro atoms. The van der Waals surface area contributed by atoms with E-state index in [1.54, 1.807) is 0 Å². The van der Waals surface area contributed by atoms with Gasteiger partial charge < -0.3 is 14.8 Å². The van der Waals surface area contributed by atoms with Gasteiger partial charge in [-0.15, -0.1) is 0 Å². The highest BCUT2D eigenvalue weighted by atomic mass is 79.9. The average Bonchev–Trinajstić information content (AvgIpc) is 2.41. The maximum Gasteiger partial charge on any atom is 0.221 e. The van der Waals surface area contributed by atoms with Crippen LogP contribution in [0.2, 0.25) is 0 Å². The molecule has 112 valence electrons. The standard InChI is InChI=1S/C15H22BrNO3/c1-4-19-13-7-6-12(10-14(13)20-5-2)11(3)17-15(18)8-9-16/h6-7,10-11H,4-5,8-9H2,1-3H3,(H,17,18). The summed E-state index contributed by atoms with van der Waals surface area (Å²) in [5.41, 5.74) is 1.000. The molecule has 5 heteroatoms. The zero-order valence-electron chi connectivity index (χ0n) is 12.2. The average molecular weight is 344 g/mol. The molecular weight excluding hydrogens is 322 g/mol. The van der Waals surface area contributed by atoms with Crippen LogP contribution >= 0.6 is 15.9 Å². The number of nitrogens with one attached hydrogen (secondary N) is 1. The van der Waals surface area contributed by atoms with Crippen LogP contribution in [0.25, 0.3) is 0 Å². The van der Waals surface area contributed by atoms with Gasteiger partial charge in [-0.2, -0.15) is 0 Å². The van der Waals surface area contributed by atoms with Crippen LogP contribution in [-0.2, 0) is 4.79 Å². The van der Waals surface area contributed by atoms with E-state index in [1.165, 1.54) is 0 Å². The summed E-state index contributed by atoms with van der Waals surface area (Å²) in [6, 6.07) is 5.70. The van der Waals surface area contributed by atoms with E-state index in [4.69, 9.17) is 9.47 Å². The van der Waals surface area contributed by atoms with Crippen molar-refractivity contribution < 1.29 is 14.3 Å². The van der Waals surface area contributed by atoms with E-state index >= 15 is 0 Å². The van der Waals surface area contributed by atoms with Crippen LogP contribution in [0, 0.1) is 0 Å². The molecule has 1 N–H and O–H groups in total. The lowest BCUT2D eigenvalue weighted by Crippen LogP contribution is -2.26. The molecule has 0 bridgehead atoms. The summed E-state index contributed by atoms with van der Waals surface area (Å²) in [5, 5.41) is 3.62. The van der Waals surface area contributed by atoms with Gasteiger partial charge in [0, 0.05) is 11.8 Å². The summed E-state index contributed by atoms with van der Waals surface area (Å²) in [6.07, 6.45) is 0.472. The maximum atomic E-state index is 11.6. The Morgan fingerprint density at radius 2 is 1.90 bits per heavy atom. The fraction of sp³-hybridized carbons (Fsp3) is 0.533. The quantitative estimate of drug-likeness (QED) is 0.735. The Kier molecular flexibility index (Phi) is 7.44. The molecule has 1 atom stereocenters. The van der Waals surface area contributed by atoms with Crippen LogP contribution in [0.1, 0.15) is 38.8 Å². The highest BCUT2D eigenvalue weighted by Crippen LogP contribution is 2.30. The maximum absolute atomic E-state index is 11.6. The topological polar surface area (TPSA) is 47.6 Å². The number of alkyl halides is 1. The van der Waals surface area contributed by atoms with Crippen molar-refractivity contribution in [2.75, 3.05) is 18.5 Å². The number of carbonyl (C=O) groups excluding carboxylic acids is 1. The molecule has 0 aliphatic heterocycles. The highest BCUT2D eigenvalue weighted by Gasteiger charge is 2.12. The summed E-state index contributed by atoms with van der Waals surface area (Å²) in [4.78, 5) is 11.6. The van der Waals surface area contributed by atoms with E-state index in [-0.39, 0.29) is 11.9 Å². The van der Waals surface area contributed by atoms with E-state index in [1.807, 2.05) is 39.0 Å². The Morgan fingerprint density at radius 3 is 2.50 bits per heavy atom. The van der Waals surface area contributed by atoms with Crippen LogP contribution in [0.3, 0.4) is 0 Å². The van der Waals surface area contributed by atoms with Crippen molar-refractivity contribution in [1.29, 1.82) is 0 Å². The Balaban J connectivity index is 2.84. The van der Waals surface area contributed by atoms with Crippen LogP contribution in [0.15, 0.2) is 18.2 Å². The van der Waals surface area contributed by atoms with Gasteiger partial charge in [0.15, 0.2) is 11.5 Å². The molecule has 0 heterocycles. The Labute approximate surface area is 129 Å². The van der Waals surface area contributed by atoms with Gasteiger partial charge in [0.05, 0.1) is 19.3 Å². The number of rotatable bonds is 8. The summed E-state index contributed by atoms with van der Waals surface area (Å²) >= 11 is 3.26. The first-order valence-corrected chi connectivity index (χ1v) is 7.99. The van der Waals surface area contributed by atoms with Gasteiger partial charge >= 0.3 is 0 Å². The number of benzene rings is 1. The minimum Gasteiger partial charge on any atom is -0.490 e. The predicted octanol–water partition coefficient (Wildman–Crippen LogP) is 3.45. The molecule has 0 aliphatic rings.